The van der Waals surface area contributed by atoms with Crippen molar-refractivity contribution in [3.8, 4) is 0 Å². The van der Waals surface area contributed by atoms with Gasteiger partial charge in [-0.1, -0.05) is 26.2 Å². The van der Waals surface area contributed by atoms with E-state index in [0.29, 0.717) is 6.42 Å². The van der Waals surface area contributed by atoms with Crippen LogP contribution >= 0.6 is 0 Å². The zero-order valence-corrected chi connectivity index (χ0v) is 8.93. The highest BCUT2D eigenvalue weighted by molar-refractivity contribution is 5.85. The van der Waals surface area contributed by atoms with Gasteiger partial charge in [0.15, 0.2) is 0 Å². The van der Waals surface area contributed by atoms with E-state index < -0.39 is 0 Å². The predicted octanol–water partition coefficient (Wildman–Crippen LogP) is 2.75. The first-order valence-corrected chi connectivity index (χ1v) is 5.07. The topological polar surface area (TPSA) is 34.1 Å². The molecule has 1 atom stereocenters. The van der Waals surface area contributed by atoms with E-state index in [9.17, 15) is 9.59 Å². The molecule has 0 N–H and O–H groups in total. The second-order valence-corrected chi connectivity index (χ2v) is 3.71. The molecule has 0 aromatic carbocycles. The Kier molecular flexibility index (Phi) is 6.47. The molecular weight excluding hydrogens is 164 g/mol. The highest BCUT2D eigenvalue weighted by atomic mass is 16.1. The summed E-state index contributed by atoms with van der Waals surface area (Å²) in [5, 5.41) is 0. The number of unbranched alkanes of at least 4 members (excludes halogenated alkanes) is 2. The fourth-order valence-electron chi connectivity index (χ4n) is 1.44. The molecule has 0 spiro atoms. The van der Waals surface area contributed by atoms with Crippen LogP contribution in [0.25, 0.3) is 0 Å². The maximum Gasteiger partial charge on any atom is 0.133 e. The van der Waals surface area contributed by atoms with Crippen molar-refractivity contribution in [2.45, 2.75) is 52.9 Å². The second kappa shape index (κ2) is 6.81. The first-order valence-electron chi connectivity index (χ1n) is 5.07. The Morgan fingerprint density at radius 1 is 1.15 bits per heavy atom. The molecule has 0 saturated carbocycles. The monoisotopic (exact) mass is 184 g/mol. The van der Waals surface area contributed by atoms with Gasteiger partial charge in [-0.2, -0.15) is 0 Å². The van der Waals surface area contributed by atoms with Gasteiger partial charge in [-0.25, -0.2) is 0 Å². The van der Waals surface area contributed by atoms with E-state index >= 15 is 0 Å². The molecule has 76 valence electrons. The molecule has 0 aromatic heterocycles. The summed E-state index contributed by atoms with van der Waals surface area (Å²) in [6, 6.07) is 0. The first kappa shape index (κ1) is 12.3. The van der Waals surface area contributed by atoms with Crippen molar-refractivity contribution in [3.63, 3.8) is 0 Å². The lowest BCUT2D eigenvalue weighted by molar-refractivity contribution is -0.126. The number of hydrogen-bond acceptors (Lipinski definition) is 2. The van der Waals surface area contributed by atoms with Crippen LogP contribution in [-0.4, -0.2) is 11.6 Å². The number of hydrogen-bond donors (Lipinski definition) is 0. The van der Waals surface area contributed by atoms with Gasteiger partial charge in [0.05, 0.1) is 0 Å². The van der Waals surface area contributed by atoms with Crippen LogP contribution in [0.3, 0.4) is 0 Å². The summed E-state index contributed by atoms with van der Waals surface area (Å²) in [5.74, 6) is 0.257. The normalized spacial score (nSPS) is 12.5. The van der Waals surface area contributed by atoms with Crippen LogP contribution in [0, 0.1) is 5.92 Å². The summed E-state index contributed by atoms with van der Waals surface area (Å²) in [6.45, 7) is 5.27. The van der Waals surface area contributed by atoms with Crippen molar-refractivity contribution in [2.24, 2.45) is 5.92 Å². The van der Waals surface area contributed by atoms with Gasteiger partial charge in [-0.3, -0.25) is 4.79 Å². The summed E-state index contributed by atoms with van der Waals surface area (Å²) in [7, 11) is 0. The first-order chi connectivity index (χ1) is 6.07. The molecule has 0 aliphatic carbocycles. The molecule has 0 bridgehead atoms. The quantitative estimate of drug-likeness (QED) is 0.570. The van der Waals surface area contributed by atoms with E-state index in [1.165, 1.54) is 0 Å². The molecule has 0 fully saturated rings. The molecule has 0 heterocycles. The van der Waals surface area contributed by atoms with E-state index in [2.05, 4.69) is 6.92 Å². The van der Waals surface area contributed by atoms with Crippen LogP contribution in [0.2, 0.25) is 0 Å². The van der Waals surface area contributed by atoms with E-state index in [0.717, 1.165) is 25.7 Å². The number of ketones is 2. The van der Waals surface area contributed by atoms with Gasteiger partial charge in [-0.15, -0.1) is 0 Å². The van der Waals surface area contributed by atoms with Crippen LogP contribution in [0.15, 0.2) is 0 Å². The van der Waals surface area contributed by atoms with Gasteiger partial charge in [0.2, 0.25) is 0 Å². The van der Waals surface area contributed by atoms with Gasteiger partial charge in [0, 0.05) is 12.3 Å². The molecule has 0 aliphatic rings. The Bertz CT molecular complexity index is 173. The number of carbonyl (C=O) groups is 2. The third kappa shape index (κ3) is 6.50. The molecule has 0 unspecified atom stereocenters. The minimum Gasteiger partial charge on any atom is -0.300 e. The van der Waals surface area contributed by atoms with Crippen molar-refractivity contribution in [1.29, 1.82) is 0 Å². The van der Waals surface area contributed by atoms with Crippen LogP contribution in [0.4, 0.5) is 0 Å². The lowest BCUT2D eigenvalue weighted by Gasteiger charge is -2.10. The minimum atomic E-state index is -0.0240. The Morgan fingerprint density at radius 3 is 2.15 bits per heavy atom. The molecule has 2 nitrogen and oxygen atoms in total. The Labute approximate surface area is 80.7 Å². The molecule has 2 heteroatoms. The fourth-order valence-corrected chi connectivity index (χ4v) is 1.44. The van der Waals surface area contributed by atoms with E-state index in [1.807, 2.05) is 0 Å². The second-order valence-electron chi connectivity index (χ2n) is 3.71. The van der Waals surface area contributed by atoms with Crippen LogP contribution in [0.5, 0.6) is 0 Å². The molecule has 0 radical (unpaired) electrons. The van der Waals surface area contributed by atoms with Crippen LogP contribution in [0.1, 0.15) is 52.9 Å². The molecule has 0 amide bonds. The Hall–Kier alpha value is -0.660. The summed E-state index contributed by atoms with van der Waals surface area (Å²) >= 11 is 0. The van der Waals surface area contributed by atoms with E-state index in [4.69, 9.17) is 0 Å². The smallest absolute Gasteiger partial charge is 0.133 e. The van der Waals surface area contributed by atoms with Crippen molar-refractivity contribution in [2.75, 3.05) is 0 Å². The van der Waals surface area contributed by atoms with Crippen molar-refractivity contribution in [1.82, 2.24) is 0 Å². The van der Waals surface area contributed by atoms with Gasteiger partial charge >= 0.3 is 0 Å². The van der Waals surface area contributed by atoms with Crippen LogP contribution in [-0.2, 0) is 9.59 Å². The van der Waals surface area contributed by atoms with E-state index in [-0.39, 0.29) is 17.5 Å². The van der Waals surface area contributed by atoms with Gasteiger partial charge in [-0.05, 0) is 20.3 Å². The van der Waals surface area contributed by atoms with Gasteiger partial charge in [0.25, 0.3) is 0 Å². The van der Waals surface area contributed by atoms with Gasteiger partial charge < -0.3 is 4.79 Å². The average molecular weight is 184 g/mol. The summed E-state index contributed by atoms with van der Waals surface area (Å²) in [4.78, 5) is 22.0. The molecule has 0 aliphatic heterocycles. The number of carbonyl (C=O) groups excluding carboxylic acids is 2. The molecular formula is C11H20O2. The standard InChI is InChI=1S/C11H20O2/c1-4-5-6-7-11(10(3)13)8-9(2)12/h11H,4-8H2,1-3H3/t11-/m1/s1. The number of Topliss-reactive ketones (excluding diaryl/α,β-unsaturated/α-hetero) is 2. The van der Waals surface area contributed by atoms with Crippen LogP contribution < -0.4 is 0 Å². The summed E-state index contributed by atoms with van der Waals surface area (Å²) in [5.41, 5.74) is 0. The fraction of sp³-hybridized carbons (Fsp3) is 0.818. The minimum absolute atomic E-state index is 0.0240. The number of rotatable bonds is 7. The average Bonchev–Trinajstić information content (AvgIpc) is 2.02. The van der Waals surface area contributed by atoms with Crippen molar-refractivity contribution in [3.05, 3.63) is 0 Å². The third-order valence-electron chi connectivity index (χ3n) is 2.26. The molecule has 0 saturated heterocycles. The van der Waals surface area contributed by atoms with Crippen molar-refractivity contribution < 1.29 is 9.59 Å². The summed E-state index contributed by atoms with van der Waals surface area (Å²) < 4.78 is 0. The lowest BCUT2D eigenvalue weighted by Crippen LogP contribution is -2.14. The SMILES string of the molecule is CCCCC[C@H](CC(C)=O)C(C)=O. The molecule has 0 rings (SSSR count). The molecule has 0 aromatic rings. The predicted molar refractivity (Wildman–Crippen MR) is 53.6 cm³/mol. The Morgan fingerprint density at radius 2 is 1.77 bits per heavy atom. The zero-order chi connectivity index (χ0) is 10.3. The largest absolute Gasteiger partial charge is 0.300 e. The maximum atomic E-state index is 11.1. The highest BCUT2D eigenvalue weighted by Gasteiger charge is 2.15. The molecule has 13 heavy (non-hydrogen) atoms. The lowest BCUT2D eigenvalue weighted by atomic mass is 9.93. The zero-order valence-electron chi connectivity index (χ0n) is 8.93. The van der Waals surface area contributed by atoms with Gasteiger partial charge in [0.1, 0.15) is 11.6 Å². The third-order valence-corrected chi connectivity index (χ3v) is 2.26. The van der Waals surface area contributed by atoms with E-state index in [1.54, 1.807) is 13.8 Å². The highest BCUT2D eigenvalue weighted by Crippen LogP contribution is 2.15. The maximum absolute atomic E-state index is 11.1. The van der Waals surface area contributed by atoms with Crippen molar-refractivity contribution >= 4 is 11.6 Å². The summed E-state index contributed by atoms with van der Waals surface area (Å²) in [6.07, 6.45) is 4.68. The Balaban J connectivity index is 3.81.